The molecule has 1 rings (SSSR count). The van der Waals surface area contributed by atoms with E-state index < -0.39 is 10.0 Å². The zero-order valence-electron chi connectivity index (χ0n) is 7.72. The predicted molar refractivity (Wildman–Crippen MR) is 46.5 cm³/mol. The first-order valence-corrected chi connectivity index (χ1v) is 5.30. The maximum atomic E-state index is 10.9. The van der Waals surface area contributed by atoms with E-state index in [0.717, 1.165) is 0 Å². The summed E-state index contributed by atoms with van der Waals surface area (Å²) in [5.74, 6) is 0.719. The van der Waals surface area contributed by atoms with Crippen LogP contribution in [0.4, 0.5) is 0 Å². The smallest absolute Gasteiger partial charge is 0.273 e. The maximum Gasteiger partial charge on any atom is 0.273 e. The van der Waals surface area contributed by atoms with Crippen molar-refractivity contribution in [2.45, 2.75) is 24.9 Å². The summed E-state index contributed by atoms with van der Waals surface area (Å²) < 4.78 is 23.3. The summed E-state index contributed by atoms with van der Waals surface area (Å²) in [6.07, 6.45) is 0. The quantitative estimate of drug-likeness (QED) is 0.708. The molecular weight excluding hydrogens is 192 g/mol. The highest BCUT2D eigenvalue weighted by molar-refractivity contribution is 7.89. The molecule has 0 aromatic carbocycles. The lowest BCUT2D eigenvalue weighted by Crippen LogP contribution is -2.18. The number of nitrogens with two attached hydrogens (primary N) is 1. The summed E-state index contributed by atoms with van der Waals surface area (Å²) >= 11 is 0. The number of rotatable bonds is 2. The maximum absolute atomic E-state index is 10.9. The lowest BCUT2D eigenvalue weighted by atomic mass is 10.2. The zero-order chi connectivity index (χ0) is 10.2. The summed E-state index contributed by atoms with van der Waals surface area (Å²) in [4.78, 5) is 0. The van der Waals surface area contributed by atoms with Crippen molar-refractivity contribution < 1.29 is 8.42 Å². The summed E-state index contributed by atoms with van der Waals surface area (Å²) in [7, 11) is -2.18. The first kappa shape index (κ1) is 10.1. The van der Waals surface area contributed by atoms with Gasteiger partial charge in [-0.2, -0.15) is 0 Å². The minimum Gasteiger partial charge on any atom is -0.304 e. The van der Waals surface area contributed by atoms with E-state index in [2.05, 4.69) is 10.2 Å². The van der Waals surface area contributed by atoms with Gasteiger partial charge in [0.1, 0.15) is 5.82 Å². The van der Waals surface area contributed by atoms with Crippen LogP contribution in [0.25, 0.3) is 0 Å². The number of sulfonamides is 1. The first-order chi connectivity index (χ1) is 5.84. The Balaban J connectivity index is 3.30. The van der Waals surface area contributed by atoms with Crippen molar-refractivity contribution in [3.8, 4) is 0 Å². The standard InChI is InChI=1S/C6H12N4O2S/c1-4(2)5-8-9-6(10(5)3)13(7,11)12/h4H,1-3H3,(H2,7,11,12). The van der Waals surface area contributed by atoms with Crippen molar-refractivity contribution in [1.29, 1.82) is 0 Å². The van der Waals surface area contributed by atoms with Crippen LogP contribution in [-0.2, 0) is 17.1 Å². The van der Waals surface area contributed by atoms with E-state index in [0.29, 0.717) is 5.82 Å². The van der Waals surface area contributed by atoms with Gasteiger partial charge in [0.2, 0.25) is 0 Å². The second-order valence-corrected chi connectivity index (χ2v) is 4.55. The van der Waals surface area contributed by atoms with Gasteiger partial charge in [-0.3, -0.25) is 0 Å². The molecule has 1 aromatic rings. The number of hydrogen-bond acceptors (Lipinski definition) is 4. The number of nitrogens with zero attached hydrogens (tertiary/aromatic N) is 3. The van der Waals surface area contributed by atoms with E-state index in [1.165, 1.54) is 4.57 Å². The zero-order valence-corrected chi connectivity index (χ0v) is 8.54. The molecule has 74 valence electrons. The molecule has 1 heterocycles. The second kappa shape index (κ2) is 3.08. The molecule has 0 aliphatic carbocycles. The van der Waals surface area contributed by atoms with E-state index in [1.807, 2.05) is 13.8 Å². The fourth-order valence-electron chi connectivity index (χ4n) is 1.08. The molecule has 0 saturated heterocycles. The Hall–Kier alpha value is -0.950. The Bertz CT molecular complexity index is 406. The van der Waals surface area contributed by atoms with Gasteiger partial charge in [0, 0.05) is 13.0 Å². The molecule has 6 nitrogen and oxygen atoms in total. The van der Waals surface area contributed by atoms with Gasteiger partial charge in [-0.1, -0.05) is 13.8 Å². The van der Waals surface area contributed by atoms with Crippen LogP contribution >= 0.6 is 0 Å². The second-order valence-electron chi connectivity index (χ2n) is 3.10. The van der Waals surface area contributed by atoms with Crippen LogP contribution in [0.5, 0.6) is 0 Å². The molecular formula is C6H12N4O2S. The molecule has 0 atom stereocenters. The van der Waals surface area contributed by atoms with Gasteiger partial charge in [0.15, 0.2) is 0 Å². The minimum absolute atomic E-state index is 0.119. The van der Waals surface area contributed by atoms with Crippen LogP contribution in [0.1, 0.15) is 25.6 Å². The highest BCUT2D eigenvalue weighted by Crippen LogP contribution is 2.13. The van der Waals surface area contributed by atoms with Crippen molar-refractivity contribution in [2.75, 3.05) is 0 Å². The van der Waals surface area contributed by atoms with Crippen molar-refractivity contribution in [1.82, 2.24) is 14.8 Å². The fourth-order valence-corrected chi connectivity index (χ4v) is 1.71. The molecule has 0 fully saturated rings. The number of aromatic nitrogens is 3. The molecule has 0 spiro atoms. The molecule has 0 saturated carbocycles. The van der Waals surface area contributed by atoms with Crippen LogP contribution in [0.3, 0.4) is 0 Å². The Labute approximate surface area is 76.8 Å². The van der Waals surface area contributed by atoms with Crippen LogP contribution in [0.15, 0.2) is 5.16 Å². The Morgan fingerprint density at radius 3 is 2.15 bits per heavy atom. The molecule has 2 N–H and O–H groups in total. The molecule has 0 aliphatic heterocycles. The van der Waals surface area contributed by atoms with Gasteiger partial charge in [0.05, 0.1) is 0 Å². The minimum atomic E-state index is -3.76. The Morgan fingerprint density at radius 2 is 1.92 bits per heavy atom. The van der Waals surface area contributed by atoms with Crippen LogP contribution in [0, 0.1) is 0 Å². The van der Waals surface area contributed by atoms with Gasteiger partial charge >= 0.3 is 0 Å². The number of hydrogen-bond donors (Lipinski definition) is 1. The van der Waals surface area contributed by atoms with Crippen molar-refractivity contribution >= 4 is 10.0 Å². The molecule has 0 unspecified atom stereocenters. The SMILES string of the molecule is CC(C)c1nnc(S(N)(=O)=O)n1C. The largest absolute Gasteiger partial charge is 0.304 e. The summed E-state index contributed by atoms with van der Waals surface area (Å²) in [6.45, 7) is 3.80. The highest BCUT2D eigenvalue weighted by atomic mass is 32.2. The Kier molecular flexibility index (Phi) is 2.40. The van der Waals surface area contributed by atoms with Crippen molar-refractivity contribution in [2.24, 2.45) is 12.2 Å². The average molecular weight is 204 g/mol. The van der Waals surface area contributed by atoms with E-state index in [-0.39, 0.29) is 11.1 Å². The monoisotopic (exact) mass is 204 g/mol. The third-order valence-electron chi connectivity index (χ3n) is 1.64. The first-order valence-electron chi connectivity index (χ1n) is 3.76. The molecule has 13 heavy (non-hydrogen) atoms. The topological polar surface area (TPSA) is 90.9 Å². The average Bonchev–Trinajstić information content (AvgIpc) is 2.28. The molecule has 0 amide bonds. The van der Waals surface area contributed by atoms with Gasteiger partial charge < -0.3 is 4.57 Å². The normalized spacial score (nSPS) is 12.4. The van der Waals surface area contributed by atoms with E-state index in [9.17, 15) is 8.42 Å². The molecule has 7 heteroatoms. The van der Waals surface area contributed by atoms with Crippen LogP contribution in [0.2, 0.25) is 0 Å². The summed E-state index contributed by atoms with van der Waals surface area (Å²) in [5, 5.41) is 12.0. The fraction of sp³-hybridized carbons (Fsp3) is 0.667. The van der Waals surface area contributed by atoms with Crippen LogP contribution < -0.4 is 5.14 Å². The van der Waals surface area contributed by atoms with Gasteiger partial charge in [-0.15, -0.1) is 10.2 Å². The molecule has 0 radical (unpaired) electrons. The van der Waals surface area contributed by atoms with Gasteiger partial charge in [0.25, 0.3) is 15.2 Å². The van der Waals surface area contributed by atoms with E-state index >= 15 is 0 Å². The summed E-state index contributed by atoms with van der Waals surface area (Å²) in [6, 6.07) is 0. The third-order valence-corrected chi connectivity index (χ3v) is 2.50. The number of primary sulfonamides is 1. The Morgan fingerprint density at radius 1 is 1.38 bits per heavy atom. The van der Waals surface area contributed by atoms with E-state index in [4.69, 9.17) is 5.14 Å². The van der Waals surface area contributed by atoms with Crippen molar-refractivity contribution in [3.05, 3.63) is 5.82 Å². The molecule has 0 aliphatic rings. The van der Waals surface area contributed by atoms with E-state index in [1.54, 1.807) is 7.05 Å². The molecule has 1 aromatic heterocycles. The van der Waals surface area contributed by atoms with Crippen LogP contribution in [-0.4, -0.2) is 23.2 Å². The van der Waals surface area contributed by atoms with Gasteiger partial charge in [-0.05, 0) is 0 Å². The van der Waals surface area contributed by atoms with Crippen molar-refractivity contribution in [3.63, 3.8) is 0 Å². The highest BCUT2D eigenvalue weighted by Gasteiger charge is 2.19. The molecule has 0 bridgehead atoms. The lowest BCUT2D eigenvalue weighted by Gasteiger charge is -2.03. The lowest BCUT2D eigenvalue weighted by molar-refractivity contribution is 0.576. The predicted octanol–water partition coefficient (Wildman–Crippen LogP) is -0.414. The summed E-state index contributed by atoms with van der Waals surface area (Å²) in [5.41, 5.74) is 0. The third kappa shape index (κ3) is 1.86. The van der Waals surface area contributed by atoms with Gasteiger partial charge in [-0.25, -0.2) is 13.6 Å².